The predicted molar refractivity (Wildman–Crippen MR) is 174 cm³/mol. The fourth-order valence-corrected chi connectivity index (χ4v) is 11.0. The number of carbonyl (C=O) groups excluding carboxylic acids is 1. The van der Waals surface area contributed by atoms with Crippen LogP contribution in [0, 0.1) is 5.41 Å². The Morgan fingerprint density at radius 2 is 1.63 bits per heavy atom. The Balaban J connectivity index is 1.86. The van der Waals surface area contributed by atoms with E-state index in [9.17, 15) is 4.79 Å². The number of carbonyl (C=O) groups is 1. The van der Waals surface area contributed by atoms with Crippen LogP contribution >= 0.6 is 23.5 Å². The average molecular weight is 627 g/mol. The van der Waals surface area contributed by atoms with E-state index in [1.165, 1.54) is 6.42 Å². The third-order valence-electron chi connectivity index (χ3n) is 9.42. The zero-order valence-electron chi connectivity index (χ0n) is 26.8. The molecule has 2 aliphatic heterocycles. The summed E-state index contributed by atoms with van der Waals surface area (Å²) in [7, 11) is 1.34. The van der Waals surface area contributed by atoms with Gasteiger partial charge in [0.15, 0.2) is 14.1 Å². The molecule has 2 heterocycles. The summed E-state index contributed by atoms with van der Waals surface area (Å²) in [5.74, 6) is 1.44. The van der Waals surface area contributed by atoms with Crippen LogP contribution in [0.25, 0.3) is 0 Å². The summed E-state index contributed by atoms with van der Waals surface area (Å²) in [6.45, 7) is 17.0. The smallest absolute Gasteiger partial charge is 0.192 e. The highest BCUT2D eigenvalue weighted by atomic mass is 32.2. The maximum absolute atomic E-state index is 12.0. The number of rotatable bonds is 14. The number of ether oxygens (including phenoxy) is 4. The normalized spacial score (nSPS) is 24.1. The topological polar surface area (TPSA) is 63.2 Å². The molecule has 6 nitrogen and oxygen atoms in total. The van der Waals surface area contributed by atoms with Crippen LogP contribution in [-0.4, -0.2) is 75.1 Å². The van der Waals surface area contributed by atoms with Gasteiger partial charge < -0.3 is 28.2 Å². The SMILES string of the molecule is COC1(OC)C[C@H](COCc2ccccc2)O[C@H](CC2(C(C)(C)[C@H](CC=O)O[Si](C)(C)C(C)(C)C)SCCCS2)C1. The molecule has 3 rings (SSSR count). The second kappa shape index (κ2) is 14.6. The summed E-state index contributed by atoms with van der Waals surface area (Å²) in [5.41, 5.74) is 0.852. The summed E-state index contributed by atoms with van der Waals surface area (Å²) in [6, 6.07) is 10.2. The molecule has 0 bridgehead atoms. The monoisotopic (exact) mass is 626 g/mol. The van der Waals surface area contributed by atoms with E-state index < -0.39 is 14.1 Å². The Bertz CT molecular complexity index is 941. The Hall–Kier alpha value is -0.393. The average Bonchev–Trinajstić information content (AvgIpc) is 2.93. The van der Waals surface area contributed by atoms with E-state index in [1.54, 1.807) is 14.2 Å². The van der Waals surface area contributed by atoms with Crippen LogP contribution in [-0.2, 0) is 34.8 Å². The van der Waals surface area contributed by atoms with Crippen LogP contribution in [0.2, 0.25) is 18.1 Å². The van der Waals surface area contributed by atoms with Crippen molar-refractivity contribution in [3.8, 4) is 0 Å². The fourth-order valence-electron chi connectivity index (χ4n) is 5.65. The third kappa shape index (κ3) is 8.62. The van der Waals surface area contributed by atoms with Crippen LogP contribution in [0.3, 0.4) is 0 Å². The van der Waals surface area contributed by atoms with E-state index in [1.807, 2.05) is 41.7 Å². The van der Waals surface area contributed by atoms with Crippen LogP contribution in [0.5, 0.6) is 0 Å². The van der Waals surface area contributed by atoms with Gasteiger partial charge in [0.1, 0.15) is 6.29 Å². The van der Waals surface area contributed by atoms with Crippen molar-refractivity contribution in [2.24, 2.45) is 5.41 Å². The van der Waals surface area contributed by atoms with Gasteiger partial charge in [0.2, 0.25) is 0 Å². The molecule has 234 valence electrons. The van der Waals surface area contributed by atoms with Crippen molar-refractivity contribution < 1.29 is 28.2 Å². The molecule has 0 spiro atoms. The maximum atomic E-state index is 12.0. The molecular weight excluding hydrogens is 573 g/mol. The van der Waals surface area contributed by atoms with Crippen molar-refractivity contribution in [2.45, 2.75) is 120 Å². The highest BCUT2D eigenvalue weighted by Gasteiger charge is 2.56. The number of hydrogen-bond donors (Lipinski definition) is 0. The highest BCUT2D eigenvalue weighted by molar-refractivity contribution is 8.18. The van der Waals surface area contributed by atoms with Gasteiger partial charge in [-0.25, -0.2) is 0 Å². The van der Waals surface area contributed by atoms with Gasteiger partial charge in [-0.1, -0.05) is 65.0 Å². The quantitative estimate of drug-likeness (QED) is 0.118. The molecule has 2 fully saturated rings. The molecule has 0 aromatic heterocycles. The standard InChI is InChI=1S/C32H54O6S2Si/c1-29(2,3)41(8,9)38-28(16-17-33)30(4,5)32(39-18-13-19-40-32)22-26-20-31(34-6,35-7)21-27(37-26)24-36-23-25-14-11-10-12-15-25/h10-12,14-15,17,26-28H,13,16,18-24H2,1-9H3/t26-,27+,28-/m0/s1. The van der Waals surface area contributed by atoms with Crippen molar-refractivity contribution in [2.75, 3.05) is 32.3 Å². The van der Waals surface area contributed by atoms with E-state index in [4.69, 9.17) is 23.4 Å². The predicted octanol–water partition coefficient (Wildman–Crippen LogP) is 7.70. The van der Waals surface area contributed by atoms with Crippen molar-refractivity contribution in [3.63, 3.8) is 0 Å². The Morgan fingerprint density at radius 3 is 2.20 bits per heavy atom. The second-order valence-electron chi connectivity index (χ2n) is 13.6. The molecule has 0 amide bonds. The summed E-state index contributed by atoms with van der Waals surface area (Å²) in [5, 5.41) is 0.0558. The van der Waals surface area contributed by atoms with Crippen molar-refractivity contribution >= 4 is 38.1 Å². The number of hydrogen-bond acceptors (Lipinski definition) is 8. The lowest BCUT2D eigenvalue weighted by molar-refractivity contribution is -0.278. The van der Waals surface area contributed by atoms with Gasteiger partial charge in [0, 0.05) is 38.9 Å². The summed E-state index contributed by atoms with van der Waals surface area (Å²) in [6.07, 6.45) is 4.28. The fraction of sp³-hybridized carbons (Fsp3) is 0.781. The van der Waals surface area contributed by atoms with E-state index in [0.29, 0.717) is 32.5 Å². The molecular formula is C32H54O6S2Si. The van der Waals surface area contributed by atoms with Gasteiger partial charge in [0.05, 0.1) is 35.6 Å². The molecule has 2 saturated heterocycles. The van der Waals surface area contributed by atoms with Gasteiger partial charge in [0.25, 0.3) is 0 Å². The first-order valence-corrected chi connectivity index (χ1v) is 19.9. The first-order chi connectivity index (χ1) is 19.2. The van der Waals surface area contributed by atoms with Gasteiger partial charge >= 0.3 is 0 Å². The Labute approximate surface area is 258 Å². The molecule has 41 heavy (non-hydrogen) atoms. The molecule has 0 N–H and O–H groups in total. The lowest BCUT2D eigenvalue weighted by atomic mass is 9.77. The van der Waals surface area contributed by atoms with Gasteiger partial charge in [-0.05, 0) is 48.0 Å². The first-order valence-electron chi connectivity index (χ1n) is 15.0. The first kappa shape index (κ1) is 35.1. The molecule has 9 heteroatoms. The van der Waals surface area contributed by atoms with Crippen molar-refractivity contribution in [1.82, 2.24) is 0 Å². The summed E-state index contributed by atoms with van der Waals surface area (Å²) in [4.78, 5) is 12.0. The van der Waals surface area contributed by atoms with E-state index in [2.05, 4.69) is 59.8 Å². The molecule has 0 saturated carbocycles. The van der Waals surface area contributed by atoms with E-state index >= 15 is 0 Å². The second-order valence-corrected chi connectivity index (χ2v) is 21.4. The summed E-state index contributed by atoms with van der Waals surface area (Å²) < 4.78 is 31.8. The zero-order chi connectivity index (χ0) is 30.4. The van der Waals surface area contributed by atoms with Gasteiger partial charge in [-0.15, -0.1) is 23.5 Å². The van der Waals surface area contributed by atoms with Gasteiger partial charge in [-0.2, -0.15) is 0 Å². The molecule has 3 atom stereocenters. The van der Waals surface area contributed by atoms with E-state index in [-0.39, 0.29) is 32.8 Å². The number of thioether (sulfide) groups is 2. The number of methoxy groups -OCH3 is 2. The van der Waals surface area contributed by atoms with Crippen LogP contribution in [0.1, 0.15) is 72.3 Å². The van der Waals surface area contributed by atoms with Crippen LogP contribution in [0.4, 0.5) is 0 Å². The largest absolute Gasteiger partial charge is 0.413 e. The number of benzene rings is 1. The Morgan fingerprint density at radius 1 is 1.02 bits per heavy atom. The maximum Gasteiger partial charge on any atom is 0.192 e. The molecule has 1 aromatic rings. The minimum atomic E-state index is -2.12. The Kier molecular flexibility index (Phi) is 12.5. The van der Waals surface area contributed by atoms with Crippen molar-refractivity contribution in [3.05, 3.63) is 35.9 Å². The molecule has 2 aliphatic rings. The molecule has 0 unspecified atom stereocenters. The minimum Gasteiger partial charge on any atom is -0.413 e. The minimum absolute atomic E-state index is 0.0558. The number of aldehydes is 1. The highest BCUT2D eigenvalue weighted by Crippen LogP contribution is 2.60. The lowest BCUT2D eigenvalue weighted by Gasteiger charge is -2.55. The zero-order valence-corrected chi connectivity index (χ0v) is 29.5. The lowest BCUT2D eigenvalue weighted by Crippen LogP contribution is -2.57. The van der Waals surface area contributed by atoms with Crippen LogP contribution in [0.15, 0.2) is 30.3 Å². The molecule has 0 aliphatic carbocycles. The van der Waals surface area contributed by atoms with E-state index in [0.717, 1.165) is 29.8 Å². The third-order valence-corrected chi connectivity index (χ3v) is 17.9. The van der Waals surface area contributed by atoms with Crippen LogP contribution < -0.4 is 0 Å². The summed E-state index contributed by atoms with van der Waals surface area (Å²) >= 11 is 4.04. The molecule has 0 radical (unpaired) electrons. The molecule has 1 aromatic carbocycles. The van der Waals surface area contributed by atoms with Crippen molar-refractivity contribution in [1.29, 1.82) is 0 Å². The van der Waals surface area contributed by atoms with Gasteiger partial charge in [-0.3, -0.25) is 0 Å².